The number of hydrogen-bond donors (Lipinski definition) is 2. The molecule has 80 valence electrons. The molecule has 0 spiro atoms. The van der Waals surface area contributed by atoms with Gasteiger partial charge in [-0.2, -0.15) is 0 Å². The fraction of sp³-hybridized carbons (Fsp3) is 1.00. The van der Waals surface area contributed by atoms with Crippen molar-refractivity contribution in [1.29, 1.82) is 0 Å². The molecule has 0 aromatic heterocycles. The van der Waals surface area contributed by atoms with Crippen LogP contribution in [0.4, 0.5) is 4.39 Å². The maximum Gasteiger partial charge on any atom is 0.376 e. The first-order valence-electron chi connectivity index (χ1n) is 5.39. The average molecular weight is 201 g/mol. The standard InChI is InChI=1S/C9H17BFNO2/c1-10(14)12-6-3-2-4-7(12)9(11)8(13)5-6/h6-9,13-14H,2-5H2,1H3/t6-,7+,8-,9?/m0/s1. The van der Waals surface area contributed by atoms with Crippen molar-refractivity contribution in [2.75, 3.05) is 0 Å². The van der Waals surface area contributed by atoms with Crippen LogP contribution in [0, 0.1) is 0 Å². The smallest absolute Gasteiger partial charge is 0.376 e. The maximum atomic E-state index is 13.7. The number of halogens is 1. The van der Waals surface area contributed by atoms with Gasteiger partial charge in [-0.3, -0.25) is 0 Å². The zero-order valence-electron chi connectivity index (χ0n) is 8.43. The van der Waals surface area contributed by atoms with Crippen molar-refractivity contribution in [3.63, 3.8) is 0 Å². The SMILES string of the molecule is CB(O)N1[C@H]2CCC[C@@H]1C(F)[C@@H](O)C2. The number of piperidine rings is 2. The van der Waals surface area contributed by atoms with Gasteiger partial charge in [0.25, 0.3) is 0 Å². The van der Waals surface area contributed by atoms with E-state index in [0.717, 1.165) is 19.3 Å². The van der Waals surface area contributed by atoms with Crippen molar-refractivity contribution < 1.29 is 14.5 Å². The summed E-state index contributed by atoms with van der Waals surface area (Å²) < 4.78 is 13.7. The molecule has 2 saturated heterocycles. The second-order valence-electron chi connectivity index (χ2n) is 4.48. The summed E-state index contributed by atoms with van der Waals surface area (Å²) in [5.74, 6) is 0. The highest BCUT2D eigenvalue weighted by molar-refractivity contribution is 6.45. The molecule has 2 N–H and O–H groups in total. The molecule has 0 aliphatic carbocycles. The van der Waals surface area contributed by atoms with Crippen molar-refractivity contribution >= 4 is 7.05 Å². The summed E-state index contributed by atoms with van der Waals surface area (Å²) in [5, 5.41) is 19.1. The van der Waals surface area contributed by atoms with Gasteiger partial charge in [0, 0.05) is 12.1 Å². The minimum Gasteiger partial charge on any atom is -0.437 e. The molecular formula is C9H17BFNO2. The Morgan fingerprint density at radius 3 is 2.79 bits per heavy atom. The summed E-state index contributed by atoms with van der Waals surface area (Å²) in [6, 6.07) is -0.117. The molecule has 0 amide bonds. The van der Waals surface area contributed by atoms with Crippen LogP contribution in [0.1, 0.15) is 25.7 Å². The van der Waals surface area contributed by atoms with Gasteiger partial charge < -0.3 is 14.9 Å². The van der Waals surface area contributed by atoms with E-state index in [-0.39, 0.29) is 12.1 Å². The number of rotatable bonds is 1. The molecule has 2 aliphatic heterocycles. The molecule has 3 nitrogen and oxygen atoms in total. The van der Waals surface area contributed by atoms with Gasteiger partial charge in [0.2, 0.25) is 0 Å². The van der Waals surface area contributed by atoms with Crippen LogP contribution in [0.15, 0.2) is 0 Å². The molecule has 2 heterocycles. The van der Waals surface area contributed by atoms with Gasteiger partial charge in [0.05, 0.1) is 6.10 Å². The second kappa shape index (κ2) is 3.79. The van der Waals surface area contributed by atoms with Gasteiger partial charge in [-0.05, 0) is 26.1 Å². The summed E-state index contributed by atoms with van der Waals surface area (Å²) in [6.07, 6.45) is 1.15. The number of alkyl halides is 1. The van der Waals surface area contributed by atoms with Gasteiger partial charge in [0.15, 0.2) is 0 Å². The van der Waals surface area contributed by atoms with Gasteiger partial charge in [0.1, 0.15) is 6.17 Å². The Kier molecular flexibility index (Phi) is 2.82. The zero-order valence-corrected chi connectivity index (χ0v) is 8.43. The highest BCUT2D eigenvalue weighted by Crippen LogP contribution is 2.35. The third-order valence-electron chi connectivity index (χ3n) is 3.52. The van der Waals surface area contributed by atoms with E-state index in [4.69, 9.17) is 0 Å². The van der Waals surface area contributed by atoms with E-state index in [9.17, 15) is 14.5 Å². The van der Waals surface area contributed by atoms with E-state index >= 15 is 0 Å². The first kappa shape index (κ1) is 10.4. The Morgan fingerprint density at radius 1 is 1.43 bits per heavy atom. The highest BCUT2D eigenvalue weighted by atomic mass is 19.1. The molecule has 2 bridgehead atoms. The fourth-order valence-electron chi connectivity index (χ4n) is 2.94. The third kappa shape index (κ3) is 1.57. The van der Waals surface area contributed by atoms with E-state index in [1.807, 2.05) is 4.81 Å². The summed E-state index contributed by atoms with van der Waals surface area (Å²) >= 11 is 0. The van der Waals surface area contributed by atoms with Crippen LogP contribution in [0.25, 0.3) is 0 Å². The van der Waals surface area contributed by atoms with E-state index in [1.165, 1.54) is 0 Å². The summed E-state index contributed by atoms with van der Waals surface area (Å²) in [4.78, 5) is 1.83. The van der Waals surface area contributed by atoms with E-state index < -0.39 is 19.3 Å². The first-order chi connectivity index (χ1) is 6.61. The lowest BCUT2D eigenvalue weighted by molar-refractivity contribution is -0.0550. The fourth-order valence-corrected chi connectivity index (χ4v) is 2.94. The second-order valence-corrected chi connectivity index (χ2v) is 4.48. The average Bonchev–Trinajstić information content (AvgIpc) is 2.14. The first-order valence-corrected chi connectivity index (χ1v) is 5.39. The van der Waals surface area contributed by atoms with Gasteiger partial charge >= 0.3 is 7.05 Å². The minimum atomic E-state index is -1.19. The monoisotopic (exact) mass is 201 g/mol. The molecule has 0 aromatic carbocycles. The molecule has 2 aliphatic rings. The lowest BCUT2D eigenvalue weighted by Crippen LogP contribution is -2.63. The maximum absolute atomic E-state index is 13.7. The van der Waals surface area contributed by atoms with E-state index in [1.54, 1.807) is 6.82 Å². The number of aliphatic hydroxyl groups excluding tert-OH is 1. The zero-order chi connectivity index (χ0) is 10.3. The largest absolute Gasteiger partial charge is 0.437 e. The van der Waals surface area contributed by atoms with E-state index in [0.29, 0.717) is 6.42 Å². The lowest BCUT2D eigenvalue weighted by Gasteiger charge is -2.50. The van der Waals surface area contributed by atoms with Crippen molar-refractivity contribution in [3.8, 4) is 0 Å². The molecule has 0 aromatic rings. The van der Waals surface area contributed by atoms with Crippen LogP contribution in [0.5, 0.6) is 0 Å². The Hall–Kier alpha value is -0.125. The Morgan fingerprint density at radius 2 is 2.14 bits per heavy atom. The topological polar surface area (TPSA) is 43.7 Å². The minimum absolute atomic E-state index is 0.163. The van der Waals surface area contributed by atoms with Crippen LogP contribution >= 0.6 is 0 Å². The third-order valence-corrected chi connectivity index (χ3v) is 3.52. The Balaban J connectivity index is 2.18. The van der Waals surface area contributed by atoms with Crippen molar-refractivity contribution in [2.45, 2.75) is 56.9 Å². The summed E-state index contributed by atoms with van der Waals surface area (Å²) in [6.45, 7) is 1.68. The molecule has 2 rings (SSSR count). The number of fused-ring (bicyclic) bond motifs is 2. The van der Waals surface area contributed by atoms with Crippen LogP contribution < -0.4 is 0 Å². The van der Waals surface area contributed by atoms with Crippen LogP contribution in [-0.4, -0.2) is 46.4 Å². The summed E-state index contributed by atoms with van der Waals surface area (Å²) in [5.41, 5.74) is 0. The molecule has 14 heavy (non-hydrogen) atoms. The highest BCUT2D eigenvalue weighted by Gasteiger charge is 2.46. The Bertz CT molecular complexity index is 217. The van der Waals surface area contributed by atoms with Gasteiger partial charge in [-0.15, -0.1) is 0 Å². The predicted molar refractivity (Wildman–Crippen MR) is 52.6 cm³/mol. The van der Waals surface area contributed by atoms with Crippen molar-refractivity contribution in [2.24, 2.45) is 0 Å². The van der Waals surface area contributed by atoms with Crippen LogP contribution in [0.2, 0.25) is 6.82 Å². The van der Waals surface area contributed by atoms with Crippen molar-refractivity contribution in [1.82, 2.24) is 4.81 Å². The number of nitrogens with zero attached hydrogens (tertiary/aromatic N) is 1. The number of hydrogen-bond acceptors (Lipinski definition) is 3. The lowest BCUT2D eigenvalue weighted by atomic mass is 9.71. The normalized spacial score (nSPS) is 43.7. The quantitative estimate of drug-likeness (QED) is 0.604. The van der Waals surface area contributed by atoms with Crippen molar-refractivity contribution in [3.05, 3.63) is 0 Å². The predicted octanol–water partition coefficient (Wildman–Crippen LogP) is 0.422. The van der Waals surface area contributed by atoms with Gasteiger partial charge in [-0.25, -0.2) is 4.39 Å². The molecule has 0 radical (unpaired) electrons. The molecule has 1 unspecified atom stereocenters. The Labute approximate surface area is 84.0 Å². The van der Waals surface area contributed by atoms with E-state index in [2.05, 4.69) is 0 Å². The number of aliphatic hydroxyl groups is 1. The van der Waals surface area contributed by atoms with Crippen LogP contribution in [-0.2, 0) is 0 Å². The molecule has 0 saturated carbocycles. The molecule has 2 fully saturated rings. The van der Waals surface area contributed by atoms with Crippen LogP contribution in [0.3, 0.4) is 0 Å². The summed E-state index contributed by atoms with van der Waals surface area (Å²) in [7, 11) is -0.601. The van der Waals surface area contributed by atoms with Gasteiger partial charge in [-0.1, -0.05) is 6.42 Å². The molecule has 5 heteroatoms. The molecule has 4 atom stereocenters. The molecular weight excluding hydrogens is 184 g/mol.